The second kappa shape index (κ2) is 3.45. The molecule has 0 saturated heterocycles. The summed E-state index contributed by atoms with van der Waals surface area (Å²) in [4.78, 5) is 4.41. The number of aromatic nitrogens is 3. The number of pyridine rings is 1. The number of H-pyrrole nitrogens is 1. The molecular weight excluding hydrogens is 198 g/mol. The van der Waals surface area contributed by atoms with Crippen LogP contribution in [0.5, 0.6) is 0 Å². The Labute approximate surface area is 93.2 Å². The molecule has 0 saturated carbocycles. The van der Waals surface area contributed by atoms with Gasteiger partial charge < -0.3 is 0 Å². The molecule has 0 fully saturated rings. The SMILES string of the molecule is Cc1cc(-c2cnc3ccccc3c2)n[nH]1. The Morgan fingerprint density at radius 1 is 1.12 bits per heavy atom. The van der Waals surface area contributed by atoms with Gasteiger partial charge in [-0.1, -0.05) is 18.2 Å². The summed E-state index contributed by atoms with van der Waals surface area (Å²) in [6.07, 6.45) is 1.86. The van der Waals surface area contributed by atoms with Crippen LogP contribution in [0.2, 0.25) is 0 Å². The van der Waals surface area contributed by atoms with Gasteiger partial charge in [-0.15, -0.1) is 0 Å². The van der Waals surface area contributed by atoms with Crippen molar-refractivity contribution in [2.24, 2.45) is 0 Å². The first kappa shape index (κ1) is 9.09. The van der Waals surface area contributed by atoms with Crippen LogP contribution in [0.4, 0.5) is 0 Å². The van der Waals surface area contributed by atoms with Crippen molar-refractivity contribution < 1.29 is 0 Å². The molecule has 0 radical (unpaired) electrons. The summed E-state index contributed by atoms with van der Waals surface area (Å²) in [7, 11) is 0. The number of rotatable bonds is 1. The molecule has 3 heteroatoms. The number of hydrogen-bond donors (Lipinski definition) is 1. The zero-order valence-corrected chi connectivity index (χ0v) is 8.94. The van der Waals surface area contributed by atoms with Gasteiger partial charge >= 0.3 is 0 Å². The number of para-hydroxylation sites is 1. The van der Waals surface area contributed by atoms with Gasteiger partial charge in [-0.2, -0.15) is 5.10 Å². The van der Waals surface area contributed by atoms with Gasteiger partial charge in [0.25, 0.3) is 0 Å². The van der Waals surface area contributed by atoms with Crippen LogP contribution in [0.25, 0.3) is 22.2 Å². The number of aromatic amines is 1. The number of benzene rings is 1. The van der Waals surface area contributed by atoms with Crippen LogP contribution in [0.15, 0.2) is 42.6 Å². The van der Waals surface area contributed by atoms with Crippen LogP contribution in [0.1, 0.15) is 5.69 Å². The highest BCUT2D eigenvalue weighted by atomic mass is 15.1. The Morgan fingerprint density at radius 2 is 2.00 bits per heavy atom. The van der Waals surface area contributed by atoms with E-state index in [1.54, 1.807) is 0 Å². The standard InChI is InChI=1S/C13H11N3/c1-9-6-13(16-15-9)11-7-10-4-2-3-5-12(10)14-8-11/h2-8H,1H3,(H,15,16). The molecule has 0 atom stereocenters. The van der Waals surface area contributed by atoms with Crippen LogP contribution in [0.3, 0.4) is 0 Å². The lowest BCUT2D eigenvalue weighted by Gasteiger charge is -1.99. The summed E-state index contributed by atoms with van der Waals surface area (Å²) < 4.78 is 0. The average molecular weight is 209 g/mol. The smallest absolute Gasteiger partial charge is 0.0939 e. The minimum absolute atomic E-state index is 0.941. The highest BCUT2D eigenvalue weighted by molar-refractivity contribution is 5.82. The molecule has 0 aliphatic rings. The van der Waals surface area contributed by atoms with Crippen LogP contribution in [-0.2, 0) is 0 Å². The number of nitrogens with one attached hydrogen (secondary N) is 1. The summed E-state index contributed by atoms with van der Waals surface area (Å²) >= 11 is 0. The first-order valence-corrected chi connectivity index (χ1v) is 5.20. The van der Waals surface area contributed by atoms with E-state index < -0.39 is 0 Å². The number of nitrogens with zero attached hydrogens (tertiary/aromatic N) is 2. The Bertz CT molecular complexity index is 640. The second-order valence-corrected chi connectivity index (χ2v) is 3.85. The molecule has 3 nitrogen and oxygen atoms in total. The maximum absolute atomic E-state index is 4.41. The highest BCUT2D eigenvalue weighted by Gasteiger charge is 2.03. The molecule has 0 aliphatic heterocycles. The highest BCUT2D eigenvalue weighted by Crippen LogP contribution is 2.21. The quantitative estimate of drug-likeness (QED) is 0.669. The monoisotopic (exact) mass is 209 g/mol. The number of hydrogen-bond acceptors (Lipinski definition) is 2. The topological polar surface area (TPSA) is 41.6 Å². The molecule has 0 unspecified atom stereocenters. The maximum atomic E-state index is 4.41. The lowest BCUT2D eigenvalue weighted by molar-refractivity contribution is 1.05. The van der Waals surface area contributed by atoms with Crippen molar-refractivity contribution in [1.82, 2.24) is 15.2 Å². The molecule has 16 heavy (non-hydrogen) atoms. The summed E-state index contributed by atoms with van der Waals surface area (Å²) in [5.74, 6) is 0. The minimum atomic E-state index is 0.941. The predicted molar refractivity (Wildman–Crippen MR) is 64.1 cm³/mol. The maximum Gasteiger partial charge on any atom is 0.0939 e. The van der Waals surface area contributed by atoms with Crippen LogP contribution in [0, 0.1) is 6.92 Å². The normalized spacial score (nSPS) is 10.8. The predicted octanol–water partition coefficient (Wildman–Crippen LogP) is 2.93. The Hall–Kier alpha value is -2.16. The lowest BCUT2D eigenvalue weighted by atomic mass is 10.1. The third-order valence-electron chi connectivity index (χ3n) is 2.59. The third kappa shape index (κ3) is 1.46. The van der Waals surface area contributed by atoms with E-state index in [1.165, 1.54) is 0 Å². The van der Waals surface area contributed by atoms with Crippen molar-refractivity contribution in [1.29, 1.82) is 0 Å². The minimum Gasteiger partial charge on any atom is -0.282 e. The fraction of sp³-hybridized carbons (Fsp3) is 0.0769. The van der Waals surface area contributed by atoms with E-state index in [0.717, 1.165) is 27.9 Å². The van der Waals surface area contributed by atoms with Gasteiger partial charge in [0.1, 0.15) is 0 Å². The molecule has 3 aromatic rings. The van der Waals surface area contributed by atoms with E-state index in [4.69, 9.17) is 0 Å². The fourth-order valence-corrected chi connectivity index (χ4v) is 1.78. The summed E-state index contributed by atoms with van der Waals surface area (Å²) in [6, 6.07) is 12.2. The van der Waals surface area contributed by atoms with Crippen molar-refractivity contribution in [3.63, 3.8) is 0 Å². The van der Waals surface area contributed by atoms with Crippen molar-refractivity contribution in [2.75, 3.05) is 0 Å². The van der Waals surface area contributed by atoms with Crippen molar-refractivity contribution in [2.45, 2.75) is 6.92 Å². The van der Waals surface area contributed by atoms with E-state index in [9.17, 15) is 0 Å². The van der Waals surface area contributed by atoms with Crippen molar-refractivity contribution in [3.8, 4) is 11.3 Å². The van der Waals surface area contributed by atoms with Gasteiger partial charge in [0.2, 0.25) is 0 Å². The van der Waals surface area contributed by atoms with Gasteiger partial charge in [0.15, 0.2) is 0 Å². The first-order chi connectivity index (χ1) is 7.83. The summed E-state index contributed by atoms with van der Waals surface area (Å²) in [5.41, 5.74) is 4.06. The van der Waals surface area contributed by atoms with E-state index >= 15 is 0 Å². The molecule has 2 aromatic heterocycles. The molecule has 0 aliphatic carbocycles. The second-order valence-electron chi connectivity index (χ2n) is 3.85. The van der Waals surface area contributed by atoms with Gasteiger partial charge in [-0.05, 0) is 25.1 Å². The zero-order chi connectivity index (χ0) is 11.0. The summed E-state index contributed by atoms with van der Waals surface area (Å²) in [5, 5.41) is 8.30. The van der Waals surface area contributed by atoms with Crippen LogP contribution >= 0.6 is 0 Å². The molecule has 0 amide bonds. The zero-order valence-electron chi connectivity index (χ0n) is 8.94. The lowest BCUT2D eigenvalue weighted by Crippen LogP contribution is -1.82. The van der Waals surface area contributed by atoms with Gasteiger partial charge in [-0.25, -0.2) is 0 Å². The van der Waals surface area contributed by atoms with E-state index in [2.05, 4.69) is 27.3 Å². The molecule has 3 rings (SSSR count). The molecule has 1 N–H and O–H groups in total. The van der Waals surface area contributed by atoms with Gasteiger partial charge in [-0.3, -0.25) is 10.1 Å². The Balaban J connectivity index is 2.18. The van der Waals surface area contributed by atoms with Crippen LogP contribution in [-0.4, -0.2) is 15.2 Å². The molecule has 78 valence electrons. The van der Waals surface area contributed by atoms with E-state index in [-0.39, 0.29) is 0 Å². The molecule has 1 aromatic carbocycles. The summed E-state index contributed by atoms with van der Waals surface area (Å²) in [6.45, 7) is 1.99. The van der Waals surface area contributed by atoms with Gasteiger partial charge in [0, 0.05) is 22.8 Å². The molecule has 0 spiro atoms. The Kier molecular flexibility index (Phi) is 1.96. The Morgan fingerprint density at radius 3 is 2.81 bits per heavy atom. The molecule has 2 heterocycles. The van der Waals surface area contributed by atoms with Crippen LogP contribution < -0.4 is 0 Å². The van der Waals surface area contributed by atoms with Crippen molar-refractivity contribution >= 4 is 10.9 Å². The average Bonchev–Trinajstić information content (AvgIpc) is 2.75. The van der Waals surface area contributed by atoms with Gasteiger partial charge in [0.05, 0.1) is 11.2 Å². The number of aryl methyl sites for hydroxylation is 1. The first-order valence-electron chi connectivity index (χ1n) is 5.20. The largest absolute Gasteiger partial charge is 0.282 e. The van der Waals surface area contributed by atoms with E-state index in [0.29, 0.717) is 0 Å². The van der Waals surface area contributed by atoms with E-state index in [1.807, 2.05) is 37.4 Å². The van der Waals surface area contributed by atoms with Crippen molar-refractivity contribution in [3.05, 3.63) is 48.3 Å². The third-order valence-corrected chi connectivity index (χ3v) is 2.59. The molecule has 0 bridgehead atoms. The molecular formula is C13H11N3. The number of fused-ring (bicyclic) bond motifs is 1. The fourth-order valence-electron chi connectivity index (χ4n) is 1.78.